The van der Waals surface area contributed by atoms with Gasteiger partial charge in [0.2, 0.25) is 13.9 Å². The van der Waals surface area contributed by atoms with Crippen LogP contribution in [-0.2, 0) is 9.09 Å². The summed E-state index contributed by atoms with van der Waals surface area (Å²) in [5, 5.41) is 11.5. The number of rotatable bonds is 6. The van der Waals surface area contributed by atoms with Crippen LogP contribution in [-0.4, -0.2) is 18.6 Å². The lowest BCUT2D eigenvalue weighted by molar-refractivity contribution is -0.480. The van der Waals surface area contributed by atoms with Crippen molar-refractivity contribution in [3.8, 4) is 0 Å². The summed E-state index contributed by atoms with van der Waals surface area (Å²) >= 11 is 0. The predicted octanol–water partition coefficient (Wildman–Crippen LogP) is 3.25. The van der Waals surface area contributed by atoms with E-state index in [0.29, 0.717) is 10.9 Å². The zero-order valence-corrected chi connectivity index (χ0v) is 12.5. The molecule has 6 heteroatoms. The molecular weight excluding hydrogens is 289 g/mol. The number of nitro groups is 1. The van der Waals surface area contributed by atoms with Crippen LogP contribution in [0.1, 0.15) is 11.2 Å². The smallest absolute Gasteiger partial charge is 0.245 e. The molecule has 0 heterocycles. The van der Waals surface area contributed by atoms with Gasteiger partial charge in [-0.05, 0) is 17.7 Å². The second-order valence-electron chi connectivity index (χ2n) is 4.56. The van der Waals surface area contributed by atoms with Crippen LogP contribution in [0.5, 0.6) is 0 Å². The third kappa shape index (κ3) is 3.38. The van der Waals surface area contributed by atoms with Crippen molar-refractivity contribution < 1.29 is 14.0 Å². The maximum absolute atomic E-state index is 13.3. The van der Waals surface area contributed by atoms with Crippen LogP contribution in [0.15, 0.2) is 60.7 Å². The molecule has 0 amide bonds. The van der Waals surface area contributed by atoms with Crippen molar-refractivity contribution in [1.82, 2.24) is 0 Å². The standard InChI is InChI=1S/C15H16NO4P/c1-20-21(19,14-10-6-3-7-11-14)15(12-16(17)18)13-8-4-2-5-9-13/h2-11,15H,12H2,1H3. The molecule has 0 saturated carbocycles. The fraction of sp³-hybridized carbons (Fsp3) is 0.200. The largest absolute Gasteiger partial charge is 0.328 e. The van der Waals surface area contributed by atoms with Crippen molar-refractivity contribution in [2.24, 2.45) is 0 Å². The van der Waals surface area contributed by atoms with Crippen molar-refractivity contribution >= 4 is 12.7 Å². The van der Waals surface area contributed by atoms with E-state index < -0.39 is 24.5 Å². The molecule has 110 valence electrons. The van der Waals surface area contributed by atoms with E-state index in [0.717, 1.165) is 0 Å². The van der Waals surface area contributed by atoms with Gasteiger partial charge in [0, 0.05) is 17.3 Å². The first-order chi connectivity index (χ1) is 10.1. The minimum Gasteiger partial charge on any atom is -0.328 e. The molecule has 5 nitrogen and oxygen atoms in total. The van der Waals surface area contributed by atoms with Crippen LogP contribution in [0.3, 0.4) is 0 Å². The van der Waals surface area contributed by atoms with Gasteiger partial charge in [0.15, 0.2) is 0 Å². The monoisotopic (exact) mass is 305 g/mol. The number of benzene rings is 2. The first-order valence-corrected chi connectivity index (χ1v) is 8.15. The minimum absolute atomic E-state index is 0.440. The molecule has 21 heavy (non-hydrogen) atoms. The van der Waals surface area contributed by atoms with Crippen molar-refractivity contribution in [3.63, 3.8) is 0 Å². The van der Waals surface area contributed by atoms with Gasteiger partial charge in [0.05, 0.1) is 0 Å². The third-order valence-electron chi connectivity index (χ3n) is 3.30. The summed E-state index contributed by atoms with van der Waals surface area (Å²) in [5.74, 6) is 0. The van der Waals surface area contributed by atoms with Gasteiger partial charge < -0.3 is 4.52 Å². The van der Waals surface area contributed by atoms with Gasteiger partial charge in [-0.25, -0.2) is 0 Å². The van der Waals surface area contributed by atoms with E-state index >= 15 is 0 Å². The number of nitrogens with zero attached hydrogens (tertiary/aromatic N) is 1. The molecule has 2 aromatic carbocycles. The Balaban J connectivity index is 2.53. The predicted molar refractivity (Wildman–Crippen MR) is 81.7 cm³/mol. The van der Waals surface area contributed by atoms with E-state index in [9.17, 15) is 14.7 Å². The van der Waals surface area contributed by atoms with Gasteiger partial charge in [0.25, 0.3) is 0 Å². The van der Waals surface area contributed by atoms with Gasteiger partial charge >= 0.3 is 0 Å². The number of hydrogen-bond donors (Lipinski definition) is 0. The average Bonchev–Trinajstić information content (AvgIpc) is 2.53. The molecule has 2 atom stereocenters. The molecular formula is C15H16NO4P. The van der Waals surface area contributed by atoms with Crippen LogP contribution in [0.2, 0.25) is 0 Å². The molecule has 0 fully saturated rings. The topological polar surface area (TPSA) is 69.4 Å². The van der Waals surface area contributed by atoms with E-state index in [1.165, 1.54) is 7.11 Å². The fourth-order valence-electron chi connectivity index (χ4n) is 2.27. The Bertz CT molecular complexity index is 645. The molecule has 0 aliphatic rings. The van der Waals surface area contributed by atoms with E-state index in [-0.39, 0.29) is 0 Å². The highest BCUT2D eigenvalue weighted by atomic mass is 31.2. The normalized spacial score (nSPS) is 15.1. The summed E-state index contributed by atoms with van der Waals surface area (Å²) in [7, 11) is -2.04. The molecule has 0 spiro atoms. The molecule has 0 saturated heterocycles. The lowest BCUT2D eigenvalue weighted by Crippen LogP contribution is -2.20. The maximum Gasteiger partial charge on any atom is 0.245 e. The summed E-state index contributed by atoms with van der Waals surface area (Å²) in [4.78, 5) is 10.6. The van der Waals surface area contributed by atoms with Crippen molar-refractivity contribution in [2.45, 2.75) is 5.66 Å². The molecule has 0 N–H and O–H groups in total. The Morgan fingerprint density at radius 1 is 1.10 bits per heavy atom. The van der Waals surface area contributed by atoms with Crippen molar-refractivity contribution in [2.75, 3.05) is 13.7 Å². The summed E-state index contributed by atoms with van der Waals surface area (Å²) in [5.41, 5.74) is -0.163. The van der Waals surface area contributed by atoms with Crippen molar-refractivity contribution in [1.29, 1.82) is 0 Å². The van der Waals surface area contributed by atoms with E-state index in [1.807, 2.05) is 6.07 Å². The highest BCUT2D eigenvalue weighted by Gasteiger charge is 2.39. The second kappa shape index (κ2) is 6.66. The minimum atomic E-state index is -3.38. The Hall–Kier alpha value is -1.97. The summed E-state index contributed by atoms with van der Waals surface area (Å²) in [6.07, 6.45) is 0. The van der Waals surface area contributed by atoms with Crippen LogP contribution < -0.4 is 5.30 Å². The maximum atomic E-state index is 13.3. The van der Waals surface area contributed by atoms with E-state index in [2.05, 4.69) is 0 Å². The summed E-state index contributed by atoms with van der Waals surface area (Å²) < 4.78 is 18.6. The fourth-order valence-corrected chi connectivity index (χ4v) is 4.60. The third-order valence-corrected chi connectivity index (χ3v) is 6.15. The van der Waals surface area contributed by atoms with Gasteiger partial charge in [-0.15, -0.1) is 0 Å². The van der Waals surface area contributed by atoms with Crippen LogP contribution in [0.25, 0.3) is 0 Å². The van der Waals surface area contributed by atoms with Gasteiger partial charge in [-0.2, -0.15) is 0 Å². The molecule has 2 rings (SSSR count). The zero-order chi connectivity index (χ0) is 15.3. The molecule has 0 aromatic heterocycles. The first-order valence-electron chi connectivity index (χ1n) is 6.45. The molecule has 2 aromatic rings. The molecule has 0 aliphatic carbocycles. The van der Waals surface area contributed by atoms with E-state index in [4.69, 9.17) is 4.52 Å². The Kier molecular flexibility index (Phi) is 4.89. The van der Waals surface area contributed by atoms with Gasteiger partial charge in [-0.3, -0.25) is 14.7 Å². The zero-order valence-electron chi connectivity index (χ0n) is 11.6. The molecule has 0 radical (unpaired) electrons. The SMILES string of the molecule is COP(=O)(c1ccccc1)C(C[N+](=O)[O-])c1ccccc1. The van der Waals surface area contributed by atoms with E-state index in [1.54, 1.807) is 54.6 Å². The second-order valence-corrected chi connectivity index (χ2v) is 7.26. The van der Waals surface area contributed by atoms with Gasteiger partial charge in [-0.1, -0.05) is 48.5 Å². The average molecular weight is 305 g/mol. The highest BCUT2D eigenvalue weighted by Crippen LogP contribution is 2.58. The molecule has 0 bridgehead atoms. The van der Waals surface area contributed by atoms with Crippen molar-refractivity contribution in [3.05, 3.63) is 76.3 Å². The number of hydrogen-bond acceptors (Lipinski definition) is 4. The Morgan fingerprint density at radius 3 is 2.10 bits per heavy atom. The molecule has 2 unspecified atom stereocenters. The summed E-state index contributed by atoms with van der Waals surface area (Å²) in [6.45, 7) is -0.440. The van der Waals surface area contributed by atoms with Crippen LogP contribution >= 0.6 is 7.37 Å². The lowest BCUT2D eigenvalue weighted by Gasteiger charge is -2.24. The van der Waals surface area contributed by atoms with Gasteiger partial charge in [0.1, 0.15) is 5.66 Å². The van der Waals surface area contributed by atoms with Crippen LogP contribution in [0, 0.1) is 10.1 Å². The van der Waals surface area contributed by atoms with Crippen LogP contribution in [0.4, 0.5) is 0 Å². The first kappa shape index (κ1) is 15.4. The quantitative estimate of drug-likeness (QED) is 0.466. The highest BCUT2D eigenvalue weighted by molar-refractivity contribution is 7.67. The molecule has 0 aliphatic heterocycles. The Morgan fingerprint density at radius 2 is 1.62 bits per heavy atom. The Labute approximate surface area is 123 Å². The summed E-state index contributed by atoms with van der Waals surface area (Å²) in [6, 6.07) is 17.5. The lowest BCUT2D eigenvalue weighted by atomic mass is 10.1.